The van der Waals surface area contributed by atoms with Gasteiger partial charge in [-0.25, -0.2) is 4.72 Å². The topological polar surface area (TPSA) is 84.2 Å². The van der Waals surface area contributed by atoms with E-state index in [1.165, 1.54) is 0 Å². The maximum Gasteiger partial charge on any atom is 0.277 e. The SMILES string of the molecule is CC(C)(CCCN)CNS(=O)(=O)NC1CC1. The molecule has 0 aromatic rings. The molecule has 0 atom stereocenters. The number of hydrogen-bond acceptors (Lipinski definition) is 3. The maximum atomic E-state index is 11.6. The predicted molar refractivity (Wildman–Crippen MR) is 65.1 cm³/mol. The molecule has 0 heterocycles. The molecule has 0 bridgehead atoms. The fraction of sp³-hybridized carbons (Fsp3) is 1.00. The third kappa shape index (κ3) is 5.79. The van der Waals surface area contributed by atoms with E-state index in [1.807, 2.05) is 13.8 Å². The van der Waals surface area contributed by atoms with Gasteiger partial charge in [0.05, 0.1) is 0 Å². The van der Waals surface area contributed by atoms with E-state index in [4.69, 9.17) is 5.73 Å². The minimum Gasteiger partial charge on any atom is -0.330 e. The van der Waals surface area contributed by atoms with Gasteiger partial charge in [-0.15, -0.1) is 0 Å². The zero-order valence-corrected chi connectivity index (χ0v) is 10.9. The first-order chi connectivity index (χ1) is 7.35. The van der Waals surface area contributed by atoms with Gasteiger partial charge in [-0.3, -0.25) is 0 Å². The Kier molecular flexibility index (Phi) is 4.73. The Balaban J connectivity index is 2.30. The summed E-state index contributed by atoms with van der Waals surface area (Å²) in [6.45, 7) is 5.19. The lowest BCUT2D eigenvalue weighted by molar-refractivity contribution is 0.326. The van der Waals surface area contributed by atoms with Crippen LogP contribution in [-0.2, 0) is 10.2 Å². The molecule has 1 aliphatic carbocycles. The third-order valence-corrected chi connectivity index (χ3v) is 3.87. The van der Waals surface area contributed by atoms with Gasteiger partial charge in [0.1, 0.15) is 0 Å². The summed E-state index contributed by atoms with van der Waals surface area (Å²) in [7, 11) is -3.31. The molecule has 6 heteroatoms. The summed E-state index contributed by atoms with van der Waals surface area (Å²) >= 11 is 0. The summed E-state index contributed by atoms with van der Waals surface area (Å²) < 4.78 is 28.3. The first-order valence-electron chi connectivity index (χ1n) is 5.82. The second-order valence-corrected chi connectivity index (χ2v) is 6.80. The van der Waals surface area contributed by atoms with Gasteiger partial charge in [-0.05, 0) is 37.6 Å². The van der Waals surface area contributed by atoms with E-state index in [1.54, 1.807) is 0 Å². The van der Waals surface area contributed by atoms with Crippen molar-refractivity contribution in [3.8, 4) is 0 Å². The molecule has 0 amide bonds. The fourth-order valence-electron chi connectivity index (χ4n) is 1.42. The molecule has 16 heavy (non-hydrogen) atoms. The Hall–Kier alpha value is -0.170. The third-order valence-electron chi connectivity index (χ3n) is 2.70. The van der Waals surface area contributed by atoms with Crippen LogP contribution in [0.5, 0.6) is 0 Å². The quantitative estimate of drug-likeness (QED) is 0.580. The molecular formula is C10H23N3O2S. The smallest absolute Gasteiger partial charge is 0.277 e. The van der Waals surface area contributed by atoms with E-state index in [0.717, 1.165) is 25.7 Å². The summed E-state index contributed by atoms with van der Waals surface area (Å²) in [6, 6.07) is 0.157. The second-order valence-electron chi connectivity index (χ2n) is 5.27. The lowest BCUT2D eigenvalue weighted by atomic mass is 9.88. The minimum absolute atomic E-state index is 0.0440. The van der Waals surface area contributed by atoms with E-state index < -0.39 is 10.2 Å². The first-order valence-corrected chi connectivity index (χ1v) is 7.30. The van der Waals surface area contributed by atoms with Gasteiger partial charge in [-0.2, -0.15) is 13.1 Å². The van der Waals surface area contributed by atoms with Crippen LogP contribution in [-0.4, -0.2) is 27.5 Å². The van der Waals surface area contributed by atoms with Gasteiger partial charge in [0, 0.05) is 12.6 Å². The molecule has 0 aromatic carbocycles. The zero-order chi connectivity index (χ0) is 12.2. The molecule has 1 rings (SSSR count). The molecule has 1 fully saturated rings. The van der Waals surface area contributed by atoms with E-state index in [9.17, 15) is 8.42 Å². The molecule has 4 N–H and O–H groups in total. The molecule has 96 valence electrons. The number of nitrogens with two attached hydrogens (primary N) is 1. The Bertz CT molecular complexity index is 310. The minimum atomic E-state index is -3.31. The molecule has 0 spiro atoms. The lowest BCUT2D eigenvalue weighted by Crippen LogP contribution is -2.42. The van der Waals surface area contributed by atoms with Crippen molar-refractivity contribution in [2.75, 3.05) is 13.1 Å². The summed E-state index contributed by atoms with van der Waals surface area (Å²) in [4.78, 5) is 0. The van der Waals surface area contributed by atoms with Crippen molar-refractivity contribution in [1.29, 1.82) is 0 Å². The summed E-state index contributed by atoms with van der Waals surface area (Å²) in [5, 5.41) is 0. The number of nitrogens with one attached hydrogen (secondary N) is 2. The predicted octanol–water partition coefficient (Wildman–Crippen LogP) is 0.338. The Morgan fingerprint density at radius 1 is 1.38 bits per heavy atom. The van der Waals surface area contributed by atoms with Crippen LogP contribution in [0.3, 0.4) is 0 Å². The van der Waals surface area contributed by atoms with Gasteiger partial charge >= 0.3 is 0 Å². The average molecular weight is 249 g/mol. The molecular weight excluding hydrogens is 226 g/mol. The van der Waals surface area contributed by atoms with Gasteiger partial charge in [0.25, 0.3) is 10.2 Å². The zero-order valence-electron chi connectivity index (χ0n) is 10.1. The van der Waals surface area contributed by atoms with Crippen molar-refractivity contribution in [2.24, 2.45) is 11.1 Å². The fourth-order valence-corrected chi connectivity index (χ4v) is 2.76. The van der Waals surface area contributed by atoms with E-state index in [2.05, 4.69) is 9.44 Å². The van der Waals surface area contributed by atoms with Crippen molar-refractivity contribution in [3.63, 3.8) is 0 Å². The van der Waals surface area contributed by atoms with Crippen LogP contribution in [0.4, 0.5) is 0 Å². The number of rotatable bonds is 8. The highest BCUT2D eigenvalue weighted by atomic mass is 32.2. The Labute approximate surface area is 98.4 Å². The standard InChI is InChI=1S/C10H23N3O2S/c1-10(2,6-3-7-11)8-12-16(14,15)13-9-4-5-9/h9,12-13H,3-8,11H2,1-2H3. The monoisotopic (exact) mass is 249 g/mol. The van der Waals surface area contributed by atoms with Crippen molar-refractivity contribution in [2.45, 2.75) is 45.6 Å². The lowest BCUT2D eigenvalue weighted by Gasteiger charge is -2.24. The Morgan fingerprint density at radius 3 is 2.50 bits per heavy atom. The van der Waals surface area contributed by atoms with E-state index in [-0.39, 0.29) is 11.5 Å². The van der Waals surface area contributed by atoms with E-state index in [0.29, 0.717) is 13.1 Å². The van der Waals surface area contributed by atoms with Crippen molar-refractivity contribution < 1.29 is 8.42 Å². The summed E-state index contributed by atoms with van der Waals surface area (Å²) in [5.74, 6) is 0. The van der Waals surface area contributed by atoms with Crippen LogP contribution in [0.15, 0.2) is 0 Å². The van der Waals surface area contributed by atoms with Crippen LogP contribution in [0.25, 0.3) is 0 Å². The molecule has 0 aromatic heterocycles. The van der Waals surface area contributed by atoms with Gasteiger partial charge in [0.2, 0.25) is 0 Å². The van der Waals surface area contributed by atoms with Crippen LogP contribution in [0.1, 0.15) is 39.5 Å². The molecule has 0 unspecified atom stereocenters. The van der Waals surface area contributed by atoms with Crippen molar-refractivity contribution >= 4 is 10.2 Å². The summed E-state index contributed by atoms with van der Waals surface area (Å²) in [5.41, 5.74) is 5.40. The highest BCUT2D eigenvalue weighted by Crippen LogP contribution is 2.22. The van der Waals surface area contributed by atoms with Gasteiger partial charge < -0.3 is 5.73 Å². The highest BCUT2D eigenvalue weighted by molar-refractivity contribution is 7.87. The summed E-state index contributed by atoms with van der Waals surface area (Å²) in [6.07, 6.45) is 3.76. The molecule has 0 saturated heterocycles. The van der Waals surface area contributed by atoms with Crippen LogP contribution >= 0.6 is 0 Å². The largest absolute Gasteiger partial charge is 0.330 e. The first kappa shape index (κ1) is 13.9. The molecule has 5 nitrogen and oxygen atoms in total. The average Bonchev–Trinajstić information content (AvgIpc) is 2.95. The normalized spacial score (nSPS) is 17.7. The van der Waals surface area contributed by atoms with E-state index >= 15 is 0 Å². The van der Waals surface area contributed by atoms with Crippen LogP contribution in [0.2, 0.25) is 0 Å². The highest BCUT2D eigenvalue weighted by Gasteiger charge is 2.28. The molecule has 1 aliphatic rings. The Morgan fingerprint density at radius 2 is 2.00 bits per heavy atom. The van der Waals surface area contributed by atoms with Gasteiger partial charge in [0.15, 0.2) is 0 Å². The maximum absolute atomic E-state index is 11.6. The molecule has 1 saturated carbocycles. The van der Waals surface area contributed by atoms with Crippen LogP contribution < -0.4 is 15.2 Å². The molecule has 0 aliphatic heterocycles. The molecule has 0 radical (unpaired) electrons. The van der Waals surface area contributed by atoms with Crippen LogP contribution in [0, 0.1) is 5.41 Å². The van der Waals surface area contributed by atoms with Crippen molar-refractivity contribution in [3.05, 3.63) is 0 Å². The number of hydrogen-bond donors (Lipinski definition) is 3. The van der Waals surface area contributed by atoms with Gasteiger partial charge in [-0.1, -0.05) is 13.8 Å². The second kappa shape index (κ2) is 5.44. The van der Waals surface area contributed by atoms with Crippen molar-refractivity contribution in [1.82, 2.24) is 9.44 Å².